The standard InChI is InChI=1S/C28H30N2O4/c31-27(25-15-6-7-16-26(25)34-20-19-33-24-13-4-3-5-14-24)29-23-12-10-11-22(21-23)28(32)30-17-8-1-2-9-18-30/h3-7,10-16,21H,1-2,8-9,17-20H2,(H,29,31). The first kappa shape index (κ1) is 23.4. The number of hydrogen-bond donors (Lipinski definition) is 1. The first-order valence-electron chi connectivity index (χ1n) is 11.8. The first-order valence-corrected chi connectivity index (χ1v) is 11.8. The second-order valence-electron chi connectivity index (χ2n) is 8.25. The lowest BCUT2D eigenvalue weighted by molar-refractivity contribution is 0.0761. The van der Waals surface area contributed by atoms with E-state index in [4.69, 9.17) is 9.47 Å². The van der Waals surface area contributed by atoms with Crippen LogP contribution in [0.4, 0.5) is 5.69 Å². The second kappa shape index (κ2) is 11.9. The number of carbonyl (C=O) groups is 2. The Balaban J connectivity index is 1.37. The molecule has 0 radical (unpaired) electrons. The third-order valence-corrected chi connectivity index (χ3v) is 5.75. The highest BCUT2D eigenvalue weighted by Crippen LogP contribution is 2.21. The molecule has 0 saturated carbocycles. The maximum absolute atomic E-state index is 13.0. The molecule has 6 nitrogen and oxygen atoms in total. The van der Waals surface area contributed by atoms with Gasteiger partial charge in [-0.2, -0.15) is 0 Å². The van der Waals surface area contributed by atoms with Crippen molar-refractivity contribution in [3.63, 3.8) is 0 Å². The van der Waals surface area contributed by atoms with E-state index < -0.39 is 0 Å². The minimum atomic E-state index is -0.293. The minimum absolute atomic E-state index is 0.0140. The molecule has 1 N–H and O–H groups in total. The summed E-state index contributed by atoms with van der Waals surface area (Å²) >= 11 is 0. The smallest absolute Gasteiger partial charge is 0.259 e. The zero-order valence-electron chi connectivity index (χ0n) is 19.2. The number of likely N-dealkylation sites (tertiary alicyclic amines) is 1. The fourth-order valence-electron chi connectivity index (χ4n) is 3.99. The van der Waals surface area contributed by atoms with Crippen LogP contribution in [0.15, 0.2) is 78.9 Å². The Labute approximate surface area is 200 Å². The van der Waals surface area contributed by atoms with E-state index in [0.717, 1.165) is 31.7 Å². The van der Waals surface area contributed by atoms with Gasteiger partial charge in [-0.1, -0.05) is 49.2 Å². The summed E-state index contributed by atoms with van der Waals surface area (Å²) in [6, 6.07) is 23.7. The zero-order valence-corrected chi connectivity index (χ0v) is 19.2. The van der Waals surface area contributed by atoms with E-state index in [1.54, 1.807) is 42.5 Å². The van der Waals surface area contributed by atoms with Gasteiger partial charge in [0.2, 0.25) is 0 Å². The third-order valence-electron chi connectivity index (χ3n) is 5.75. The average molecular weight is 459 g/mol. The summed E-state index contributed by atoms with van der Waals surface area (Å²) < 4.78 is 11.5. The number of para-hydroxylation sites is 2. The van der Waals surface area contributed by atoms with Crippen molar-refractivity contribution < 1.29 is 19.1 Å². The van der Waals surface area contributed by atoms with Gasteiger partial charge in [0.1, 0.15) is 24.7 Å². The molecular formula is C28H30N2O4. The maximum Gasteiger partial charge on any atom is 0.259 e. The largest absolute Gasteiger partial charge is 0.490 e. The van der Waals surface area contributed by atoms with Crippen molar-refractivity contribution in [1.29, 1.82) is 0 Å². The van der Waals surface area contributed by atoms with Crippen molar-refractivity contribution in [3.05, 3.63) is 90.0 Å². The SMILES string of the molecule is O=C(Nc1cccc(C(=O)N2CCCCCC2)c1)c1ccccc1OCCOc1ccccc1. The Bertz CT molecular complexity index is 1090. The number of nitrogens with one attached hydrogen (secondary N) is 1. The highest BCUT2D eigenvalue weighted by molar-refractivity contribution is 6.06. The van der Waals surface area contributed by atoms with Crippen LogP contribution in [0.3, 0.4) is 0 Å². The number of amides is 2. The molecule has 34 heavy (non-hydrogen) atoms. The summed E-state index contributed by atoms with van der Waals surface area (Å²) in [7, 11) is 0. The van der Waals surface area contributed by atoms with Gasteiger partial charge in [-0.15, -0.1) is 0 Å². The summed E-state index contributed by atoms with van der Waals surface area (Å²) in [4.78, 5) is 27.9. The van der Waals surface area contributed by atoms with Crippen molar-refractivity contribution in [2.45, 2.75) is 25.7 Å². The van der Waals surface area contributed by atoms with Crippen molar-refractivity contribution in [3.8, 4) is 11.5 Å². The number of nitrogens with zero attached hydrogens (tertiary/aromatic N) is 1. The fraction of sp³-hybridized carbons (Fsp3) is 0.286. The van der Waals surface area contributed by atoms with Gasteiger partial charge >= 0.3 is 0 Å². The van der Waals surface area contributed by atoms with Crippen molar-refractivity contribution >= 4 is 17.5 Å². The Morgan fingerprint density at radius 3 is 2.26 bits per heavy atom. The predicted octanol–water partition coefficient (Wildman–Crippen LogP) is 5.41. The van der Waals surface area contributed by atoms with Gasteiger partial charge in [-0.3, -0.25) is 9.59 Å². The quantitative estimate of drug-likeness (QED) is 0.458. The zero-order chi connectivity index (χ0) is 23.6. The number of carbonyl (C=O) groups excluding carboxylic acids is 2. The molecule has 176 valence electrons. The number of ether oxygens (including phenoxy) is 2. The van der Waals surface area contributed by atoms with E-state index in [0.29, 0.717) is 35.8 Å². The summed E-state index contributed by atoms with van der Waals surface area (Å²) in [5.41, 5.74) is 1.58. The van der Waals surface area contributed by atoms with Gasteiger partial charge < -0.3 is 19.7 Å². The van der Waals surface area contributed by atoms with Gasteiger partial charge in [0.15, 0.2) is 0 Å². The molecule has 0 bridgehead atoms. The first-order chi connectivity index (χ1) is 16.7. The Morgan fingerprint density at radius 2 is 1.47 bits per heavy atom. The molecule has 1 saturated heterocycles. The number of hydrogen-bond acceptors (Lipinski definition) is 4. The van der Waals surface area contributed by atoms with Crippen molar-refractivity contribution in [2.24, 2.45) is 0 Å². The maximum atomic E-state index is 13.0. The Morgan fingerprint density at radius 1 is 0.765 bits per heavy atom. The van der Waals surface area contributed by atoms with Crippen LogP contribution in [-0.4, -0.2) is 43.0 Å². The molecule has 2 amide bonds. The van der Waals surface area contributed by atoms with E-state index in [1.807, 2.05) is 41.3 Å². The van der Waals surface area contributed by atoms with Crippen LogP contribution in [0.5, 0.6) is 11.5 Å². The summed E-state index contributed by atoms with van der Waals surface area (Å²) in [5.74, 6) is 0.972. The van der Waals surface area contributed by atoms with Crippen LogP contribution in [-0.2, 0) is 0 Å². The van der Waals surface area contributed by atoms with Gasteiger partial charge in [-0.05, 0) is 55.3 Å². The molecule has 1 aliphatic heterocycles. The summed E-state index contributed by atoms with van der Waals surface area (Å²) in [5, 5.41) is 2.90. The molecule has 1 aliphatic rings. The molecule has 0 unspecified atom stereocenters. The average Bonchev–Trinajstić information content (AvgIpc) is 3.17. The highest BCUT2D eigenvalue weighted by Gasteiger charge is 2.18. The molecule has 0 spiro atoms. The normalized spacial score (nSPS) is 13.6. The molecular weight excluding hydrogens is 428 g/mol. The monoisotopic (exact) mass is 458 g/mol. The van der Waals surface area contributed by atoms with Crippen LogP contribution >= 0.6 is 0 Å². The van der Waals surface area contributed by atoms with Gasteiger partial charge in [0.25, 0.3) is 11.8 Å². The van der Waals surface area contributed by atoms with E-state index in [1.165, 1.54) is 12.8 Å². The Kier molecular flexibility index (Phi) is 8.17. The highest BCUT2D eigenvalue weighted by atomic mass is 16.5. The number of benzene rings is 3. The van der Waals surface area contributed by atoms with Crippen molar-refractivity contribution in [2.75, 3.05) is 31.6 Å². The molecule has 4 rings (SSSR count). The summed E-state index contributed by atoms with van der Waals surface area (Å²) in [6.07, 6.45) is 4.41. The van der Waals surface area contributed by atoms with Crippen LogP contribution in [0.25, 0.3) is 0 Å². The number of anilines is 1. The third kappa shape index (κ3) is 6.38. The van der Waals surface area contributed by atoms with Crippen LogP contribution in [0, 0.1) is 0 Å². The molecule has 1 heterocycles. The molecule has 6 heteroatoms. The predicted molar refractivity (Wildman–Crippen MR) is 133 cm³/mol. The van der Waals surface area contributed by atoms with Crippen LogP contribution in [0.2, 0.25) is 0 Å². The topological polar surface area (TPSA) is 67.9 Å². The van der Waals surface area contributed by atoms with Gasteiger partial charge in [0, 0.05) is 24.3 Å². The van der Waals surface area contributed by atoms with E-state index in [2.05, 4.69) is 5.32 Å². The minimum Gasteiger partial charge on any atom is -0.490 e. The van der Waals surface area contributed by atoms with Gasteiger partial charge in [-0.25, -0.2) is 0 Å². The molecule has 0 aromatic heterocycles. The lowest BCUT2D eigenvalue weighted by Crippen LogP contribution is -2.31. The Hall–Kier alpha value is -3.80. The lowest BCUT2D eigenvalue weighted by atomic mass is 10.1. The van der Waals surface area contributed by atoms with Crippen LogP contribution < -0.4 is 14.8 Å². The van der Waals surface area contributed by atoms with E-state index in [-0.39, 0.29) is 11.8 Å². The van der Waals surface area contributed by atoms with E-state index in [9.17, 15) is 9.59 Å². The van der Waals surface area contributed by atoms with Crippen molar-refractivity contribution in [1.82, 2.24) is 4.90 Å². The molecule has 0 aliphatic carbocycles. The molecule has 3 aromatic rings. The molecule has 1 fully saturated rings. The lowest BCUT2D eigenvalue weighted by Gasteiger charge is -2.20. The fourth-order valence-corrected chi connectivity index (χ4v) is 3.99. The second-order valence-corrected chi connectivity index (χ2v) is 8.25. The number of rotatable bonds is 8. The van der Waals surface area contributed by atoms with Crippen LogP contribution in [0.1, 0.15) is 46.4 Å². The van der Waals surface area contributed by atoms with Gasteiger partial charge in [0.05, 0.1) is 5.56 Å². The summed E-state index contributed by atoms with van der Waals surface area (Å²) in [6.45, 7) is 2.24. The van der Waals surface area contributed by atoms with E-state index >= 15 is 0 Å². The molecule has 0 atom stereocenters. The molecule has 3 aromatic carbocycles.